The van der Waals surface area contributed by atoms with Gasteiger partial charge < -0.3 is 4.42 Å². The van der Waals surface area contributed by atoms with Gasteiger partial charge in [-0.1, -0.05) is 29.3 Å². The van der Waals surface area contributed by atoms with Crippen LogP contribution < -0.4 is 0 Å². The van der Waals surface area contributed by atoms with E-state index in [1.165, 1.54) is 0 Å². The number of fused-ring (bicyclic) bond motifs is 1. The Morgan fingerprint density at radius 2 is 1.55 bits per heavy atom. The smallest absolute Gasteiger partial charge is 0.135 e. The fourth-order valence-electron chi connectivity index (χ4n) is 2.32. The summed E-state index contributed by atoms with van der Waals surface area (Å²) in [5.74, 6) is 0.726. The summed E-state index contributed by atoms with van der Waals surface area (Å²) in [7, 11) is -1.21. The lowest BCUT2D eigenvalue weighted by Crippen LogP contribution is -1.94. The minimum atomic E-state index is -1.21. The molecule has 2 aromatic carbocycles. The number of benzene rings is 2. The molecule has 0 saturated carbocycles. The standard InChI is InChI=1S/C17H16O2S/c1-11-4-7-14(8-5-11)20(18)17-13(3)19-16-9-6-12(2)10-15(16)17/h4-10H,1-3H3/t20-/m0/s1. The summed E-state index contributed by atoms with van der Waals surface area (Å²) in [6.45, 7) is 5.92. The van der Waals surface area contributed by atoms with Crippen molar-refractivity contribution in [3.63, 3.8) is 0 Å². The molecular weight excluding hydrogens is 268 g/mol. The summed E-state index contributed by atoms with van der Waals surface area (Å²) in [4.78, 5) is 1.59. The van der Waals surface area contributed by atoms with E-state index in [0.717, 1.165) is 37.6 Å². The van der Waals surface area contributed by atoms with E-state index < -0.39 is 10.8 Å². The van der Waals surface area contributed by atoms with E-state index in [1.807, 2.05) is 63.2 Å². The largest absolute Gasteiger partial charge is 0.460 e. The van der Waals surface area contributed by atoms with Crippen LogP contribution in [0.3, 0.4) is 0 Å². The van der Waals surface area contributed by atoms with E-state index in [0.29, 0.717) is 0 Å². The zero-order chi connectivity index (χ0) is 14.3. The molecule has 1 heterocycles. The monoisotopic (exact) mass is 284 g/mol. The van der Waals surface area contributed by atoms with Crippen molar-refractivity contribution in [1.82, 2.24) is 0 Å². The van der Waals surface area contributed by atoms with E-state index in [9.17, 15) is 4.21 Å². The molecule has 102 valence electrons. The summed E-state index contributed by atoms with van der Waals surface area (Å²) in [6.07, 6.45) is 0. The van der Waals surface area contributed by atoms with Gasteiger partial charge in [-0.25, -0.2) is 4.21 Å². The molecule has 0 aliphatic rings. The second kappa shape index (κ2) is 4.91. The highest BCUT2D eigenvalue weighted by molar-refractivity contribution is 7.85. The first-order valence-corrected chi connectivity index (χ1v) is 7.69. The number of aryl methyl sites for hydroxylation is 3. The Morgan fingerprint density at radius 1 is 0.900 bits per heavy atom. The fourth-order valence-corrected chi connectivity index (χ4v) is 3.60. The van der Waals surface area contributed by atoms with Crippen molar-refractivity contribution in [2.75, 3.05) is 0 Å². The van der Waals surface area contributed by atoms with Crippen molar-refractivity contribution in [3.05, 3.63) is 59.4 Å². The molecule has 0 unspecified atom stereocenters. The highest BCUT2D eigenvalue weighted by Crippen LogP contribution is 2.31. The van der Waals surface area contributed by atoms with Crippen LogP contribution in [0.5, 0.6) is 0 Å². The molecule has 0 aliphatic carbocycles. The molecule has 2 nitrogen and oxygen atoms in total. The maximum absolute atomic E-state index is 12.8. The Balaban J connectivity index is 2.18. The van der Waals surface area contributed by atoms with E-state index >= 15 is 0 Å². The van der Waals surface area contributed by atoms with Gasteiger partial charge in [0, 0.05) is 10.3 Å². The van der Waals surface area contributed by atoms with Crippen molar-refractivity contribution in [2.24, 2.45) is 0 Å². The molecule has 0 aliphatic heterocycles. The second-order valence-electron chi connectivity index (χ2n) is 5.07. The lowest BCUT2D eigenvalue weighted by atomic mass is 10.2. The van der Waals surface area contributed by atoms with Crippen LogP contribution in [-0.4, -0.2) is 4.21 Å². The predicted molar refractivity (Wildman–Crippen MR) is 81.5 cm³/mol. The Labute approximate surface area is 120 Å². The van der Waals surface area contributed by atoms with Crippen LogP contribution in [-0.2, 0) is 10.8 Å². The van der Waals surface area contributed by atoms with Crippen molar-refractivity contribution in [3.8, 4) is 0 Å². The third-order valence-corrected chi connectivity index (χ3v) is 4.96. The number of hydrogen-bond donors (Lipinski definition) is 0. The van der Waals surface area contributed by atoms with E-state index in [-0.39, 0.29) is 0 Å². The third-order valence-electron chi connectivity index (χ3n) is 3.38. The zero-order valence-corrected chi connectivity index (χ0v) is 12.6. The minimum Gasteiger partial charge on any atom is -0.460 e. The molecule has 1 atom stereocenters. The SMILES string of the molecule is Cc1ccc([S@](=O)c2c(C)oc3ccc(C)cc23)cc1. The summed E-state index contributed by atoms with van der Waals surface area (Å²) >= 11 is 0. The van der Waals surface area contributed by atoms with Crippen LogP contribution >= 0.6 is 0 Å². The molecule has 20 heavy (non-hydrogen) atoms. The highest BCUT2D eigenvalue weighted by atomic mass is 32.2. The van der Waals surface area contributed by atoms with E-state index in [2.05, 4.69) is 0 Å². The summed E-state index contributed by atoms with van der Waals surface area (Å²) in [6, 6.07) is 13.8. The highest BCUT2D eigenvalue weighted by Gasteiger charge is 2.18. The van der Waals surface area contributed by atoms with Crippen LogP contribution in [0.25, 0.3) is 11.0 Å². The van der Waals surface area contributed by atoms with Gasteiger partial charge in [-0.2, -0.15) is 0 Å². The van der Waals surface area contributed by atoms with Crippen LogP contribution in [0, 0.1) is 20.8 Å². The lowest BCUT2D eigenvalue weighted by Gasteiger charge is -2.02. The van der Waals surface area contributed by atoms with Gasteiger partial charge in [-0.05, 0) is 45.0 Å². The van der Waals surface area contributed by atoms with Gasteiger partial charge in [0.25, 0.3) is 0 Å². The molecule has 0 radical (unpaired) electrons. The zero-order valence-electron chi connectivity index (χ0n) is 11.8. The lowest BCUT2D eigenvalue weighted by molar-refractivity contribution is 0.566. The molecule has 3 heteroatoms. The number of furan rings is 1. The Morgan fingerprint density at radius 3 is 2.25 bits per heavy atom. The Bertz CT molecular complexity index is 798. The molecule has 0 N–H and O–H groups in total. The van der Waals surface area contributed by atoms with E-state index in [4.69, 9.17) is 4.42 Å². The van der Waals surface area contributed by atoms with Crippen LogP contribution in [0.1, 0.15) is 16.9 Å². The van der Waals surface area contributed by atoms with Gasteiger partial charge in [-0.15, -0.1) is 0 Å². The average molecular weight is 284 g/mol. The molecule has 3 aromatic rings. The summed E-state index contributed by atoms with van der Waals surface area (Å²) in [5, 5.41) is 0.946. The predicted octanol–water partition coefficient (Wildman–Crippen LogP) is 4.52. The second-order valence-corrected chi connectivity index (χ2v) is 6.49. The quantitative estimate of drug-likeness (QED) is 0.692. The molecule has 3 rings (SSSR count). The van der Waals surface area contributed by atoms with Gasteiger partial charge in [0.15, 0.2) is 0 Å². The van der Waals surface area contributed by atoms with Crippen LogP contribution in [0.2, 0.25) is 0 Å². The normalized spacial score (nSPS) is 12.8. The first-order valence-electron chi connectivity index (χ1n) is 6.54. The molecule has 0 saturated heterocycles. The van der Waals surface area contributed by atoms with Crippen LogP contribution in [0.15, 0.2) is 56.7 Å². The molecule has 0 bridgehead atoms. The molecule has 0 spiro atoms. The van der Waals surface area contributed by atoms with Crippen LogP contribution in [0.4, 0.5) is 0 Å². The number of hydrogen-bond acceptors (Lipinski definition) is 2. The Kier molecular flexibility index (Phi) is 3.22. The fraction of sp³-hybridized carbons (Fsp3) is 0.176. The first kappa shape index (κ1) is 13.1. The van der Waals surface area contributed by atoms with Crippen molar-refractivity contribution in [2.45, 2.75) is 30.6 Å². The van der Waals surface area contributed by atoms with E-state index in [1.54, 1.807) is 0 Å². The van der Waals surface area contributed by atoms with Gasteiger partial charge in [-0.3, -0.25) is 0 Å². The number of rotatable bonds is 2. The minimum absolute atomic E-state index is 0.726. The summed E-state index contributed by atoms with van der Waals surface area (Å²) < 4.78 is 18.5. The maximum Gasteiger partial charge on any atom is 0.135 e. The average Bonchev–Trinajstić information content (AvgIpc) is 2.74. The summed E-state index contributed by atoms with van der Waals surface area (Å²) in [5.41, 5.74) is 3.10. The van der Waals surface area contributed by atoms with Gasteiger partial charge >= 0.3 is 0 Å². The van der Waals surface area contributed by atoms with Gasteiger partial charge in [0.1, 0.15) is 11.3 Å². The van der Waals surface area contributed by atoms with Gasteiger partial charge in [0.2, 0.25) is 0 Å². The van der Waals surface area contributed by atoms with Crippen molar-refractivity contribution >= 4 is 21.8 Å². The van der Waals surface area contributed by atoms with Crippen molar-refractivity contribution in [1.29, 1.82) is 0 Å². The van der Waals surface area contributed by atoms with Gasteiger partial charge in [0.05, 0.1) is 15.7 Å². The van der Waals surface area contributed by atoms with Crippen molar-refractivity contribution < 1.29 is 8.63 Å². The third kappa shape index (κ3) is 2.18. The maximum atomic E-state index is 12.8. The molecule has 1 aromatic heterocycles. The first-order chi connectivity index (χ1) is 9.56. The Hall–Kier alpha value is -1.87. The topological polar surface area (TPSA) is 30.2 Å². The molecule has 0 fully saturated rings. The molecule has 0 amide bonds. The molecular formula is C17H16O2S.